The van der Waals surface area contributed by atoms with E-state index in [4.69, 9.17) is 14.2 Å². The molecule has 0 aliphatic carbocycles. The Labute approximate surface area is 230 Å². The predicted octanol–water partition coefficient (Wildman–Crippen LogP) is 3.93. The van der Waals surface area contributed by atoms with Gasteiger partial charge >= 0.3 is 18.0 Å². The maximum absolute atomic E-state index is 13.7. The van der Waals surface area contributed by atoms with Crippen molar-refractivity contribution in [3.05, 3.63) is 83.1 Å². The van der Waals surface area contributed by atoms with E-state index in [1.54, 1.807) is 20.8 Å². The van der Waals surface area contributed by atoms with Gasteiger partial charge in [0.2, 0.25) is 0 Å². The van der Waals surface area contributed by atoms with Gasteiger partial charge in [0.1, 0.15) is 23.3 Å². The Kier molecular flexibility index (Phi) is 8.39. The lowest BCUT2D eigenvalue weighted by molar-refractivity contribution is -0.148. The molecule has 0 saturated carbocycles. The summed E-state index contributed by atoms with van der Waals surface area (Å²) in [7, 11) is 0. The van der Waals surface area contributed by atoms with E-state index < -0.39 is 41.0 Å². The van der Waals surface area contributed by atoms with Gasteiger partial charge in [0, 0.05) is 18.2 Å². The summed E-state index contributed by atoms with van der Waals surface area (Å²) in [6, 6.07) is 18.5. The second kappa shape index (κ2) is 11.7. The lowest BCUT2D eigenvalue weighted by Crippen LogP contribution is -2.63. The largest absolute Gasteiger partial charge is 0.461 e. The van der Waals surface area contributed by atoms with Crippen molar-refractivity contribution in [3.63, 3.8) is 0 Å². The molecule has 2 aromatic rings. The average Bonchev–Trinajstić information content (AvgIpc) is 2.89. The van der Waals surface area contributed by atoms with E-state index in [1.807, 2.05) is 60.7 Å². The fourth-order valence-electron chi connectivity index (χ4n) is 3.98. The van der Waals surface area contributed by atoms with Crippen LogP contribution in [0.2, 0.25) is 0 Å². The van der Waals surface area contributed by atoms with Crippen molar-refractivity contribution in [2.24, 2.45) is 5.10 Å². The van der Waals surface area contributed by atoms with Crippen LogP contribution in [0.15, 0.2) is 77.0 Å². The molecule has 2 heterocycles. The van der Waals surface area contributed by atoms with Gasteiger partial charge in [-0.15, -0.1) is 11.8 Å². The lowest BCUT2D eigenvalue weighted by Gasteiger charge is -2.44. The minimum atomic E-state index is -0.804. The highest BCUT2D eigenvalue weighted by atomic mass is 32.2. The molecule has 1 N–H and O–H groups in total. The Bertz CT molecular complexity index is 1280. The molecule has 1 fully saturated rings. The van der Waals surface area contributed by atoms with E-state index in [2.05, 4.69) is 10.5 Å². The highest BCUT2D eigenvalue weighted by Gasteiger charge is 2.52. The number of carbonyl (C=O) groups is 4. The average molecular weight is 552 g/mol. The number of fused-ring (bicyclic) bond motifs is 1. The quantitative estimate of drug-likeness (QED) is 0.238. The fourth-order valence-corrected chi connectivity index (χ4v) is 5.22. The first-order valence-electron chi connectivity index (χ1n) is 12.2. The predicted molar refractivity (Wildman–Crippen MR) is 144 cm³/mol. The standard InChI is InChI=1S/C28H29N3O7S/c1-17(32)36-15-20-16-39-25-21(29-30-27(35)38-28(2,3)4)24(33)31(25)22(20)26(34)37-23(18-11-7-5-8-12-18)19-13-9-6-10-14-19/h5-14,23,25H,15-16H2,1-4H3,(H,30,35)/t25-/m0/s1. The van der Waals surface area contributed by atoms with Crippen molar-refractivity contribution < 1.29 is 33.4 Å². The molecule has 2 aromatic carbocycles. The van der Waals surface area contributed by atoms with Crippen LogP contribution in [0.3, 0.4) is 0 Å². The Balaban J connectivity index is 1.62. The third kappa shape index (κ3) is 6.66. The first kappa shape index (κ1) is 27.9. The number of esters is 2. The number of amides is 2. The molecule has 0 spiro atoms. The van der Waals surface area contributed by atoms with Crippen LogP contribution in [0, 0.1) is 0 Å². The molecule has 0 radical (unpaired) electrons. The van der Waals surface area contributed by atoms with Crippen LogP contribution in [0.25, 0.3) is 0 Å². The summed E-state index contributed by atoms with van der Waals surface area (Å²) in [4.78, 5) is 51.7. The Morgan fingerprint density at radius 1 is 1.05 bits per heavy atom. The SMILES string of the molecule is CC(=O)OCC1=C(C(=O)OC(c2ccccc2)c2ccccc2)N2C(=O)C(=NNC(=O)OC(C)(C)C)[C@@H]2SC1. The molecule has 10 nitrogen and oxygen atoms in total. The third-order valence-electron chi connectivity index (χ3n) is 5.64. The number of nitrogens with zero attached hydrogens (tertiary/aromatic N) is 2. The number of rotatable bonds is 7. The Morgan fingerprint density at radius 3 is 2.18 bits per heavy atom. The molecule has 2 amide bonds. The van der Waals surface area contributed by atoms with Crippen LogP contribution in [-0.2, 0) is 28.6 Å². The summed E-state index contributed by atoms with van der Waals surface area (Å²) in [6.07, 6.45) is -1.55. The summed E-state index contributed by atoms with van der Waals surface area (Å²) in [5.74, 6) is -1.56. The Hall–Kier alpha value is -4.12. The van der Waals surface area contributed by atoms with Gasteiger partial charge < -0.3 is 14.2 Å². The number of hydrazone groups is 1. The normalized spacial score (nSPS) is 17.9. The molecule has 0 unspecified atom stereocenters. The molecule has 39 heavy (non-hydrogen) atoms. The van der Waals surface area contributed by atoms with Gasteiger partial charge in [-0.25, -0.2) is 15.0 Å². The van der Waals surface area contributed by atoms with Crippen molar-refractivity contribution in [1.82, 2.24) is 10.3 Å². The lowest BCUT2D eigenvalue weighted by atomic mass is 10.0. The van der Waals surface area contributed by atoms with Crippen molar-refractivity contribution in [2.45, 2.75) is 44.8 Å². The number of β-lactam (4-membered cyclic amide) rings is 1. The summed E-state index contributed by atoms with van der Waals surface area (Å²) in [5.41, 5.74) is 3.49. The van der Waals surface area contributed by atoms with E-state index in [-0.39, 0.29) is 23.8 Å². The zero-order valence-electron chi connectivity index (χ0n) is 22.0. The second-order valence-corrected chi connectivity index (χ2v) is 10.9. The third-order valence-corrected chi connectivity index (χ3v) is 6.90. The molecule has 0 bridgehead atoms. The number of hydrogen-bond acceptors (Lipinski definition) is 9. The molecule has 2 aliphatic heterocycles. The number of benzene rings is 2. The van der Waals surface area contributed by atoms with Crippen LogP contribution < -0.4 is 5.43 Å². The minimum absolute atomic E-state index is 0.00178. The van der Waals surface area contributed by atoms with Crippen LogP contribution in [0.1, 0.15) is 44.9 Å². The van der Waals surface area contributed by atoms with Gasteiger partial charge in [-0.1, -0.05) is 60.7 Å². The molecule has 1 atom stereocenters. The molecule has 0 aromatic heterocycles. The molecule has 2 aliphatic rings. The van der Waals surface area contributed by atoms with Gasteiger partial charge in [-0.2, -0.15) is 5.10 Å². The summed E-state index contributed by atoms with van der Waals surface area (Å²) in [6.45, 7) is 6.21. The minimum Gasteiger partial charge on any atom is -0.461 e. The van der Waals surface area contributed by atoms with E-state index in [0.29, 0.717) is 5.57 Å². The zero-order valence-corrected chi connectivity index (χ0v) is 22.8. The smallest absolute Gasteiger partial charge is 0.428 e. The summed E-state index contributed by atoms with van der Waals surface area (Å²) < 4.78 is 16.4. The number of carbonyl (C=O) groups excluding carboxylic acids is 4. The van der Waals surface area contributed by atoms with Crippen LogP contribution in [-0.4, -0.2) is 57.9 Å². The number of nitrogens with one attached hydrogen (secondary N) is 1. The fraction of sp³-hybridized carbons (Fsp3) is 0.321. The van der Waals surface area contributed by atoms with E-state index >= 15 is 0 Å². The molecular formula is C28H29N3O7S. The zero-order chi connectivity index (χ0) is 28.2. The maximum atomic E-state index is 13.7. The van der Waals surface area contributed by atoms with Crippen molar-refractivity contribution in [3.8, 4) is 0 Å². The highest BCUT2D eigenvalue weighted by molar-refractivity contribution is 8.01. The second-order valence-electron chi connectivity index (χ2n) is 9.79. The van der Waals surface area contributed by atoms with E-state index in [1.165, 1.54) is 23.6 Å². The van der Waals surface area contributed by atoms with Gasteiger partial charge in [-0.05, 0) is 31.9 Å². The summed E-state index contributed by atoms with van der Waals surface area (Å²) in [5, 5.41) is 3.31. The van der Waals surface area contributed by atoms with Crippen molar-refractivity contribution >= 4 is 41.4 Å². The molecule has 4 rings (SSSR count). The molecular weight excluding hydrogens is 522 g/mol. The van der Waals surface area contributed by atoms with Crippen molar-refractivity contribution in [2.75, 3.05) is 12.4 Å². The van der Waals surface area contributed by atoms with E-state index in [9.17, 15) is 19.2 Å². The highest BCUT2D eigenvalue weighted by Crippen LogP contribution is 2.40. The van der Waals surface area contributed by atoms with Gasteiger partial charge in [-0.3, -0.25) is 14.5 Å². The Morgan fingerprint density at radius 2 is 1.64 bits per heavy atom. The molecule has 204 valence electrons. The first-order chi connectivity index (χ1) is 18.5. The number of ether oxygens (including phenoxy) is 3. The monoisotopic (exact) mass is 551 g/mol. The van der Waals surface area contributed by atoms with Crippen LogP contribution in [0.5, 0.6) is 0 Å². The van der Waals surface area contributed by atoms with Gasteiger partial charge in [0.05, 0.1) is 0 Å². The van der Waals surface area contributed by atoms with E-state index in [0.717, 1.165) is 11.1 Å². The molecule has 11 heteroatoms. The van der Waals surface area contributed by atoms with Gasteiger partial charge in [0.25, 0.3) is 5.91 Å². The van der Waals surface area contributed by atoms with Crippen LogP contribution in [0.4, 0.5) is 4.79 Å². The van der Waals surface area contributed by atoms with Crippen LogP contribution >= 0.6 is 11.8 Å². The topological polar surface area (TPSA) is 124 Å². The maximum Gasteiger partial charge on any atom is 0.428 e. The molecule has 1 saturated heterocycles. The number of hydrogen-bond donors (Lipinski definition) is 1. The summed E-state index contributed by atoms with van der Waals surface area (Å²) >= 11 is 1.31. The van der Waals surface area contributed by atoms with Crippen molar-refractivity contribution in [1.29, 1.82) is 0 Å². The first-order valence-corrected chi connectivity index (χ1v) is 13.3. The number of thioether (sulfide) groups is 1. The van der Waals surface area contributed by atoms with Gasteiger partial charge in [0.15, 0.2) is 11.8 Å².